The fourth-order valence-electron chi connectivity index (χ4n) is 1.93. The van der Waals surface area contributed by atoms with Crippen LogP contribution in [-0.2, 0) is 10.3 Å². The van der Waals surface area contributed by atoms with Gasteiger partial charge in [0.1, 0.15) is 11.3 Å². The zero-order valence-electron chi connectivity index (χ0n) is 8.03. The van der Waals surface area contributed by atoms with Crippen molar-refractivity contribution < 1.29 is 9.90 Å². The van der Waals surface area contributed by atoms with Crippen LogP contribution in [0.1, 0.15) is 24.8 Å². The molecule has 1 saturated carbocycles. The highest BCUT2D eigenvalue weighted by atomic mass is 35.5. The molecule has 1 aromatic rings. The van der Waals surface area contributed by atoms with E-state index in [4.69, 9.17) is 11.6 Å². The maximum Gasteiger partial charge on any atom is 0.235 e. The lowest BCUT2D eigenvalue weighted by Gasteiger charge is -2.37. The zero-order valence-corrected chi connectivity index (χ0v) is 8.79. The number of hydrogen-bond acceptors (Lipinski definition) is 3. The van der Waals surface area contributed by atoms with Crippen molar-refractivity contribution >= 4 is 17.7 Å². The molecule has 0 radical (unpaired) electrons. The van der Waals surface area contributed by atoms with E-state index in [2.05, 4.69) is 4.99 Å². The first-order chi connectivity index (χ1) is 7.19. The molecule has 0 atom stereocenters. The number of aliphatic imine (C=N–C) groups is 1. The largest absolute Gasteiger partial charge is 0.506 e. The van der Waals surface area contributed by atoms with Crippen LogP contribution in [0.2, 0.25) is 5.02 Å². The minimum absolute atomic E-state index is 0.0258. The molecule has 1 aliphatic rings. The molecule has 0 amide bonds. The second kappa shape index (κ2) is 3.69. The van der Waals surface area contributed by atoms with Gasteiger partial charge in [-0.1, -0.05) is 23.7 Å². The molecule has 1 aliphatic carbocycles. The summed E-state index contributed by atoms with van der Waals surface area (Å²) in [5, 5.41) is 10.1. The van der Waals surface area contributed by atoms with E-state index < -0.39 is 5.54 Å². The van der Waals surface area contributed by atoms with Crippen LogP contribution in [0.3, 0.4) is 0 Å². The Hall–Kier alpha value is -1.31. The number of para-hydroxylation sites is 1. The van der Waals surface area contributed by atoms with Crippen molar-refractivity contribution in [2.45, 2.75) is 24.8 Å². The van der Waals surface area contributed by atoms with Crippen LogP contribution >= 0.6 is 11.6 Å². The van der Waals surface area contributed by atoms with Gasteiger partial charge in [0.05, 0.1) is 5.02 Å². The van der Waals surface area contributed by atoms with Crippen molar-refractivity contribution in [1.29, 1.82) is 0 Å². The maximum absolute atomic E-state index is 10.4. The first-order valence-electron chi connectivity index (χ1n) is 4.77. The molecular formula is C11H10ClNO2. The molecule has 0 aliphatic heterocycles. The summed E-state index contributed by atoms with van der Waals surface area (Å²) in [6.07, 6.45) is 4.09. The molecule has 15 heavy (non-hydrogen) atoms. The summed E-state index contributed by atoms with van der Waals surface area (Å²) in [5.74, 6) is 0.0258. The van der Waals surface area contributed by atoms with E-state index in [-0.39, 0.29) is 5.75 Å². The topological polar surface area (TPSA) is 49.7 Å². The van der Waals surface area contributed by atoms with Crippen LogP contribution in [0.15, 0.2) is 23.2 Å². The number of aromatic hydroxyl groups is 1. The van der Waals surface area contributed by atoms with Crippen molar-refractivity contribution in [1.82, 2.24) is 0 Å². The molecule has 0 unspecified atom stereocenters. The van der Waals surface area contributed by atoms with Crippen molar-refractivity contribution in [2.24, 2.45) is 4.99 Å². The Morgan fingerprint density at radius 2 is 2.20 bits per heavy atom. The SMILES string of the molecule is O=C=NC1(c2cccc(Cl)c2O)CCC1. The fourth-order valence-corrected chi connectivity index (χ4v) is 2.11. The predicted octanol–water partition coefficient (Wildman–Crippen LogP) is 2.76. The lowest BCUT2D eigenvalue weighted by Crippen LogP contribution is -2.31. The van der Waals surface area contributed by atoms with Crippen molar-refractivity contribution in [2.75, 3.05) is 0 Å². The summed E-state index contributed by atoms with van der Waals surface area (Å²) < 4.78 is 0. The Morgan fingerprint density at radius 3 is 2.73 bits per heavy atom. The highest BCUT2D eigenvalue weighted by Gasteiger charge is 2.41. The van der Waals surface area contributed by atoms with Crippen molar-refractivity contribution in [3.05, 3.63) is 28.8 Å². The number of hydrogen-bond donors (Lipinski definition) is 1. The van der Waals surface area contributed by atoms with Gasteiger partial charge < -0.3 is 5.11 Å². The number of halogens is 1. The number of phenolic OH excluding ortho intramolecular Hbond substituents is 1. The molecule has 0 aromatic heterocycles. The van der Waals surface area contributed by atoms with E-state index in [9.17, 15) is 9.90 Å². The number of isocyanates is 1. The number of rotatable bonds is 2. The van der Waals surface area contributed by atoms with Crippen LogP contribution in [-0.4, -0.2) is 11.2 Å². The lowest BCUT2D eigenvalue weighted by molar-refractivity contribution is 0.248. The second-order valence-electron chi connectivity index (χ2n) is 3.72. The molecule has 0 saturated heterocycles. The van der Waals surface area contributed by atoms with Crippen LogP contribution in [0.4, 0.5) is 0 Å². The Bertz CT molecular complexity index is 434. The van der Waals surface area contributed by atoms with E-state index in [0.717, 1.165) is 19.3 Å². The first-order valence-corrected chi connectivity index (χ1v) is 5.14. The van der Waals surface area contributed by atoms with Crippen molar-refractivity contribution in [3.63, 3.8) is 0 Å². The standard InChI is InChI=1S/C11H10ClNO2/c12-9-4-1-3-8(10(9)15)11(13-7-14)5-2-6-11/h1,3-4,15H,2,5-6H2. The quantitative estimate of drug-likeness (QED) is 0.619. The van der Waals surface area contributed by atoms with Gasteiger partial charge in [-0.05, 0) is 25.3 Å². The average Bonchev–Trinajstić information content (AvgIpc) is 2.17. The molecular weight excluding hydrogens is 214 g/mol. The summed E-state index contributed by atoms with van der Waals surface area (Å²) in [5.41, 5.74) is 0.0427. The van der Waals surface area contributed by atoms with Gasteiger partial charge in [0.2, 0.25) is 6.08 Å². The van der Waals surface area contributed by atoms with Gasteiger partial charge in [-0.15, -0.1) is 0 Å². The normalized spacial score (nSPS) is 17.7. The van der Waals surface area contributed by atoms with E-state index in [1.807, 2.05) is 0 Å². The van der Waals surface area contributed by atoms with Crippen LogP contribution < -0.4 is 0 Å². The maximum atomic E-state index is 10.4. The van der Waals surface area contributed by atoms with Gasteiger partial charge in [0.25, 0.3) is 0 Å². The third-order valence-corrected chi connectivity index (χ3v) is 3.23. The third-order valence-electron chi connectivity index (χ3n) is 2.93. The van der Waals surface area contributed by atoms with Gasteiger partial charge in [-0.3, -0.25) is 0 Å². The van der Waals surface area contributed by atoms with Crippen LogP contribution in [0.25, 0.3) is 0 Å². The number of nitrogens with zero attached hydrogens (tertiary/aromatic N) is 1. The van der Waals surface area contributed by atoms with Crippen molar-refractivity contribution in [3.8, 4) is 5.75 Å². The molecule has 4 heteroatoms. The zero-order chi connectivity index (χ0) is 10.9. The molecule has 78 valence electrons. The Balaban J connectivity index is 2.52. The van der Waals surface area contributed by atoms with Crippen LogP contribution in [0, 0.1) is 0 Å². The number of phenols is 1. The average molecular weight is 224 g/mol. The Labute approximate surface area is 92.4 Å². The fraction of sp³-hybridized carbons (Fsp3) is 0.364. The minimum atomic E-state index is -0.587. The van der Waals surface area contributed by atoms with Crippen LogP contribution in [0.5, 0.6) is 5.75 Å². The summed E-state index contributed by atoms with van der Waals surface area (Å²) in [6, 6.07) is 5.11. The summed E-state index contributed by atoms with van der Waals surface area (Å²) in [7, 11) is 0. The lowest BCUT2D eigenvalue weighted by atomic mass is 9.72. The first kappa shape index (κ1) is 10.2. The summed E-state index contributed by atoms with van der Waals surface area (Å²) in [4.78, 5) is 14.2. The van der Waals surface area contributed by atoms with E-state index in [0.29, 0.717) is 10.6 Å². The molecule has 1 aromatic carbocycles. The summed E-state index contributed by atoms with van der Waals surface area (Å²) >= 11 is 5.81. The summed E-state index contributed by atoms with van der Waals surface area (Å²) in [6.45, 7) is 0. The Kier molecular flexibility index (Phi) is 2.51. The van der Waals surface area contributed by atoms with Gasteiger partial charge in [0, 0.05) is 5.56 Å². The smallest absolute Gasteiger partial charge is 0.235 e. The molecule has 0 heterocycles. The third kappa shape index (κ3) is 1.54. The molecule has 1 fully saturated rings. The van der Waals surface area contributed by atoms with Gasteiger partial charge >= 0.3 is 0 Å². The molecule has 1 N–H and O–H groups in total. The van der Waals surface area contributed by atoms with Gasteiger partial charge in [-0.2, -0.15) is 4.99 Å². The highest BCUT2D eigenvalue weighted by Crippen LogP contribution is 2.49. The molecule has 0 bridgehead atoms. The number of benzene rings is 1. The predicted molar refractivity (Wildman–Crippen MR) is 56.8 cm³/mol. The second-order valence-corrected chi connectivity index (χ2v) is 4.13. The van der Waals surface area contributed by atoms with E-state index in [1.165, 1.54) is 0 Å². The van der Waals surface area contributed by atoms with Gasteiger partial charge in [0.15, 0.2) is 0 Å². The molecule has 0 spiro atoms. The molecule has 3 nitrogen and oxygen atoms in total. The highest BCUT2D eigenvalue weighted by molar-refractivity contribution is 6.32. The minimum Gasteiger partial charge on any atom is -0.506 e. The Morgan fingerprint density at radius 1 is 1.47 bits per heavy atom. The van der Waals surface area contributed by atoms with E-state index in [1.54, 1.807) is 24.3 Å². The van der Waals surface area contributed by atoms with Gasteiger partial charge in [-0.25, -0.2) is 4.79 Å². The number of carbonyl (C=O) groups excluding carboxylic acids is 1. The van der Waals surface area contributed by atoms with E-state index >= 15 is 0 Å². The molecule has 2 rings (SSSR count). The monoisotopic (exact) mass is 223 g/mol.